The Kier molecular flexibility index (Phi) is 67.1. The number of carbonyl (C=O) groups is 3. The molecule has 0 aromatic carbocycles. The molecule has 0 amide bonds. The number of hydrogen-bond acceptors (Lipinski definition) is 6. The van der Waals surface area contributed by atoms with E-state index >= 15 is 0 Å². The van der Waals surface area contributed by atoms with Gasteiger partial charge >= 0.3 is 17.9 Å². The van der Waals surface area contributed by atoms with E-state index in [2.05, 4.69) is 57.2 Å². The lowest BCUT2D eigenvalue weighted by Crippen LogP contribution is -2.30. The summed E-state index contributed by atoms with van der Waals surface area (Å²) in [5, 5.41) is 0. The number of hydrogen-bond donors (Lipinski definition) is 0. The second-order valence-corrected chi connectivity index (χ2v) is 24.5. The lowest BCUT2D eigenvalue weighted by molar-refractivity contribution is -0.167. The zero-order valence-electron chi connectivity index (χ0n) is 54.1. The van der Waals surface area contributed by atoms with Gasteiger partial charge in [-0.25, -0.2) is 0 Å². The molecule has 0 saturated heterocycles. The van der Waals surface area contributed by atoms with E-state index in [0.29, 0.717) is 19.3 Å². The van der Waals surface area contributed by atoms with Crippen molar-refractivity contribution in [2.75, 3.05) is 13.2 Å². The van der Waals surface area contributed by atoms with Crippen LogP contribution >= 0.6 is 0 Å². The van der Waals surface area contributed by atoms with Gasteiger partial charge in [0.15, 0.2) is 6.10 Å². The van der Waals surface area contributed by atoms with Crippen molar-refractivity contribution in [3.05, 3.63) is 36.5 Å². The molecule has 0 aromatic heterocycles. The van der Waals surface area contributed by atoms with Crippen LogP contribution in [0.3, 0.4) is 0 Å². The number of ether oxygens (including phenoxy) is 3. The summed E-state index contributed by atoms with van der Waals surface area (Å²) in [6.07, 6.45) is 86.2. The molecule has 0 saturated carbocycles. The Morgan fingerprint density at radius 1 is 0.250 bits per heavy atom. The summed E-state index contributed by atoms with van der Waals surface area (Å²) in [6, 6.07) is 0. The van der Waals surface area contributed by atoms with E-state index < -0.39 is 6.10 Å². The predicted molar refractivity (Wildman–Crippen MR) is 349 cm³/mol. The van der Waals surface area contributed by atoms with Crippen molar-refractivity contribution in [2.24, 2.45) is 0 Å². The standard InChI is InChI=1S/C74H138O6/c1-4-7-10-13-16-19-22-25-28-29-30-31-32-33-34-35-36-37-38-39-40-41-42-43-44-45-47-49-52-55-58-61-64-67-73(76)79-70-71(69-78-72(75)66-63-60-57-54-51-48-27-24-21-18-15-12-9-6-3)80-74(77)68-65-62-59-56-53-50-46-26-23-20-17-14-11-8-5-2/h22,24-25,27,29-30,71H,4-21,23,26,28,31-70H2,1-3H3/b25-22-,27-24-,30-29-. The van der Waals surface area contributed by atoms with Gasteiger partial charge in [0.25, 0.3) is 0 Å². The molecule has 0 fully saturated rings. The molecule has 0 aliphatic carbocycles. The third-order valence-corrected chi connectivity index (χ3v) is 16.4. The van der Waals surface area contributed by atoms with E-state index in [1.807, 2.05) is 0 Å². The first-order valence-electron chi connectivity index (χ1n) is 36.0. The highest BCUT2D eigenvalue weighted by molar-refractivity contribution is 5.71. The lowest BCUT2D eigenvalue weighted by atomic mass is 10.0. The molecule has 0 bridgehead atoms. The van der Waals surface area contributed by atoms with E-state index in [0.717, 1.165) is 70.6 Å². The normalized spacial score (nSPS) is 12.2. The summed E-state index contributed by atoms with van der Waals surface area (Å²) in [4.78, 5) is 38.4. The van der Waals surface area contributed by atoms with Crippen molar-refractivity contribution < 1.29 is 28.6 Å². The summed E-state index contributed by atoms with van der Waals surface area (Å²) in [6.45, 7) is 6.68. The van der Waals surface area contributed by atoms with Gasteiger partial charge in [-0.3, -0.25) is 14.4 Å². The molecule has 6 nitrogen and oxygen atoms in total. The van der Waals surface area contributed by atoms with Crippen molar-refractivity contribution in [1.29, 1.82) is 0 Å². The summed E-state index contributed by atoms with van der Waals surface area (Å²) < 4.78 is 17.0. The quantitative estimate of drug-likeness (QED) is 0.0261. The van der Waals surface area contributed by atoms with Crippen LogP contribution in [0, 0.1) is 0 Å². The van der Waals surface area contributed by atoms with Crippen molar-refractivity contribution in [3.63, 3.8) is 0 Å². The van der Waals surface area contributed by atoms with Crippen molar-refractivity contribution in [1.82, 2.24) is 0 Å². The average molecular weight is 1120 g/mol. The largest absolute Gasteiger partial charge is 0.462 e. The molecule has 0 radical (unpaired) electrons. The molecule has 0 N–H and O–H groups in total. The second kappa shape index (κ2) is 69.1. The Bertz CT molecular complexity index is 1340. The molecular formula is C74H138O6. The van der Waals surface area contributed by atoms with Gasteiger partial charge in [-0.2, -0.15) is 0 Å². The van der Waals surface area contributed by atoms with Crippen molar-refractivity contribution in [2.45, 2.75) is 406 Å². The maximum absolute atomic E-state index is 12.9. The van der Waals surface area contributed by atoms with Crippen LogP contribution in [-0.4, -0.2) is 37.2 Å². The summed E-state index contributed by atoms with van der Waals surface area (Å²) in [5.41, 5.74) is 0. The van der Waals surface area contributed by atoms with Gasteiger partial charge in [0.1, 0.15) is 13.2 Å². The molecule has 80 heavy (non-hydrogen) atoms. The van der Waals surface area contributed by atoms with Crippen LogP contribution < -0.4 is 0 Å². The van der Waals surface area contributed by atoms with Gasteiger partial charge in [0, 0.05) is 19.3 Å². The third kappa shape index (κ3) is 66.4. The van der Waals surface area contributed by atoms with E-state index in [1.165, 1.54) is 289 Å². The molecule has 0 aliphatic rings. The minimum absolute atomic E-state index is 0.0682. The minimum atomic E-state index is -0.771. The monoisotopic (exact) mass is 1120 g/mol. The Labute approximate surface area is 499 Å². The van der Waals surface area contributed by atoms with Crippen LogP contribution in [0.15, 0.2) is 36.5 Å². The van der Waals surface area contributed by atoms with E-state index in [9.17, 15) is 14.4 Å². The SMILES string of the molecule is CCCCCCC/C=C\C/C=C\CCCCCCCCCCCCCCCCCCCCCCCC(=O)OCC(COC(=O)CCCCCCC/C=C\CCCCCCC)OC(=O)CCCCCCCCCCCCCCCCC. The maximum Gasteiger partial charge on any atom is 0.306 e. The molecule has 0 aliphatic heterocycles. The van der Waals surface area contributed by atoms with Gasteiger partial charge < -0.3 is 14.2 Å². The highest BCUT2D eigenvalue weighted by Gasteiger charge is 2.19. The molecule has 470 valence electrons. The lowest BCUT2D eigenvalue weighted by Gasteiger charge is -2.18. The molecule has 1 unspecified atom stereocenters. The predicted octanol–water partition coefficient (Wildman–Crippen LogP) is 24.7. The van der Waals surface area contributed by atoms with Crippen molar-refractivity contribution >= 4 is 17.9 Å². The fourth-order valence-corrected chi connectivity index (χ4v) is 10.9. The Morgan fingerprint density at radius 3 is 0.700 bits per heavy atom. The molecule has 0 rings (SSSR count). The summed E-state index contributed by atoms with van der Waals surface area (Å²) >= 11 is 0. The van der Waals surface area contributed by atoms with Gasteiger partial charge in [0.2, 0.25) is 0 Å². The molecule has 6 heteroatoms. The van der Waals surface area contributed by atoms with E-state index in [-0.39, 0.29) is 31.1 Å². The number of unbranched alkanes of at least 4 members (excludes halogenated alkanes) is 50. The third-order valence-electron chi connectivity index (χ3n) is 16.4. The van der Waals surface area contributed by atoms with Gasteiger partial charge in [-0.05, 0) is 77.0 Å². The van der Waals surface area contributed by atoms with Crippen LogP contribution in [-0.2, 0) is 28.6 Å². The van der Waals surface area contributed by atoms with Crippen LogP contribution in [0.5, 0.6) is 0 Å². The number of carbonyl (C=O) groups excluding carboxylic acids is 3. The van der Waals surface area contributed by atoms with Gasteiger partial charge in [0.05, 0.1) is 0 Å². The molecular weight excluding hydrogens is 985 g/mol. The Morgan fingerprint density at radius 2 is 0.450 bits per heavy atom. The van der Waals surface area contributed by atoms with Crippen molar-refractivity contribution in [3.8, 4) is 0 Å². The zero-order valence-corrected chi connectivity index (χ0v) is 54.1. The summed E-state index contributed by atoms with van der Waals surface area (Å²) in [5.74, 6) is -0.848. The molecule has 0 spiro atoms. The smallest absolute Gasteiger partial charge is 0.306 e. The fourth-order valence-electron chi connectivity index (χ4n) is 10.9. The first-order valence-corrected chi connectivity index (χ1v) is 36.0. The van der Waals surface area contributed by atoms with E-state index in [4.69, 9.17) is 14.2 Å². The molecule has 1 atom stereocenters. The van der Waals surface area contributed by atoms with Gasteiger partial charge in [-0.15, -0.1) is 0 Å². The topological polar surface area (TPSA) is 78.9 Å². The van der Waals surface area contributed by atoms with Crippen LogP contribution in [0.4, 0.5) is 0 Å². The summed E-state index contributed by atoms with van der Waals surface area (Å²) in [7, 11) is 0. The molecule has 0 heterocycles. The van der Waals surface area contributed by atoms with Gasteiger partial charge in [-0.1, -0.05) is 340 Å². The second-order valence-electron chi connectivity index (χ2n) is 24.5. The first kappa shape index (κ1) is 77.6. The van der Waals surface area contributed by atoms with Crippen LogP contribution in [0.1, 0.15) is 400 Å². The van der Waals surface area contributed by atoms with Crippen LogP contribution in [0.25, 0.3) is 0 Å². The molecule has 0 aromatic rings. The zero-order chi connectivity index (χ0) is 57.8. The average Bonchev–Trinajstić information content (AvgIpc) is 3.46. The highest BCUT2D eigenvalue weighted by Crippen LogP contribution is 2.19. The Hall–Kier alpha value is -2.37. The first-order chi connectivity index (χ1) is 39.5. The van der Waals surface area contributed by atoms with E-state index in [1.54, 1.807) is 0 Å². The maximum atomic E-state index is 12.9. The fraction of sp³-hybridized carbons (Fsp3) is 0.878. The minimum Gasteiger partial charge on any atom is -0.462 e. The highest BCUT2D eigenvalue weighted by atomic mass is 16.6. The Balaban J connectivity index is 4.10. The number of rotatable bonds is 67. The number of esters is 3. The number of allylic oxidation sites excluding steroid dienone is 6. The van der Waals surface area contributed by atoms with Crippen LogP contribution in [0.2, 0.25) is 0 Å².